The second kappa shape index (κ2) is 7.62. The Bertz CT molecular complexity index is 1190. The molecule has 0 bridgehead atoms. The molecule has 0 spiro atoms. The summed E-state index contributed by atoms with van der Waals surface area (Å²) in [5.74, 6) is 0.480. The van der Waals surface area contributed by atoms with Gasteiger partial charge < -0.3 is 10.3 Å². The first-order valence-corrected chi connectivity index (χ1v) is 10.8. The normalized spacial score (nSPS) is 21.5. The second-order valence-electron chi connectivity index (χ2n) is 8.36. The Morgan fingerprint density at radius 1 is 1.23 bits per heavy atom. The molecule has 30 heavy (non-hydrogen) atoms. The molecule has 1 aliphatic carbocycles. The fourth-order valence-electron chi connectivity index (χ4n) is 4.90. The molecule has 2 aromatic heterocycles. The lowest BCUT2D eigenvalue weighted by Gasteiger charge is -2.27. The third-order valence-electron chi connectivity index (χ3n) is 6.54. The third kappa shape index (κ3) is 3.17. The molecule has 5 rings (SSSR count). The van der Waals surface area contributed by atoms with Crippen molar-refractivity contribution < 1.29 is 0 Å². The highest BCUT2D eigenvalue weighted by molar-refractivity contribution is 5.91. The van der Waals surface area contributed by atoms with Gasteiger partial charge in [0.05, 0.1) is 23.5 Å². The summed E-state index contributed by atoms with van der Waals surface area (Å²) in [5, 5.41) is 18.4. The molecule has 2 N–H and O–H groups in total. The van der Waals surface area contributed by atoms with Crippen LogP contribution in [-0.2, 0) is 13.1 Å². The fraction of sp³-hybridized carbons (Fsp3) is 0.435. The minimum atomic E-state index is -0.163. The lowest BCUT2D eigenvalue weighted by Crippen LogP contribution is -2.23. The van der Waals surface area contributed by atoms with Gasteiger partial charge in [0, 0.05) is 25.0 Å². The van der Waals surface area contributed by atoms with E-state index in [1.54, 1.807) is 6.20 Å². The van der Waals surface area contributed by atoms with E-state index in [1.807, 2.05) is 10.7 Å². The summed E-state index contributed by atoms with van der Waals surface area (Å²) >= 11 is 0. The predicted molar refractivity (Wildman–Crippen MR) is 116 cm³/mol. The van der Waals surface area contributed by atoms with E-state index in [0.717, 1.165) is 56.5 Å². The van der Waals surface area contributed by atoms with Crippen molar-refractivity contribution in [2.24, 2.45) is 5.92 Å². The second-order valence-corrected chi connectivity index (χ2v) is 8.36. The summed E-state index contributed by atoms with van der Waals surface area (Å²) in [6, 6.07) is 10.7. The van der Waals surface area contributed by atoms with Crippen molar-refractivity contribution in [3.63, 3.8) is 0 Å². The summed E-state index contributed by atoms with van der Waals surface area (Å²) in [4.78, 5) is 17.9. The molecular weight excluding hydrogens is 376 g/mol. The number of pyridine rings is 1. The fourth-order valence-corrected chi connectivity index (χ4v) is 4.90. The van der Waals surface area contributed by atoms with Crippen LogP contribution >= 0.6 is 0 Å². The molecule has 0 radical (unpaired) electrons. The van der Waals surface area contributed by atoms with Crippen LogP contribution in [0.4, 0.5) is 11.5 Å². The molecule has 1 aliphatic heterocycles. The summed E-state index contributed by atoms with van der Waals surface area (Å²) in [6.07, 6.45) is 5.60. The molecule has 154 valence electrons. The largest absolute Gasteiger partial charge is 0.338 e. The summed E-state index contributed by atoms with van der Waals surface area (Å²) in [7, 11) is 0. The van der Waals surface area contributed by atoms with E-state index in [0.29, 0.717) is 11.2 Å². The Kier molecular flexibility index (Phi) is 4.80. The number of nitrogens with zero attached hydrogens (tertiary/aromatic N) is 4. The van der Waals surface area contributed by atoms with Gasteiger partial charge in [0.15, 0.2) is 5.82 Å². The van der Waals surface area contributed by atoms with Crippen LogP contribution in [0.3, 0.4) is 0 Å². The molecule has 3 aromatic rings. The van der Waals surface area contributed by atoms with Gasteiger partial charge in [0.2, 0.25) is 0 Å². The van der Waals surface area contributed by atoms with Crippen molar-refractivity contribution in [3.8, 4) is 6.07 Å². The smallest absolute Gasteiger partial charge is 0.261 e. The quantitative estimate of drug-likeness (QED) is 0.687. The van der Waals surface area contributed by atoms with Crippen molar-refractivity contribution >= 4 is 22.4 Å². The van der Waals surface area contributed by atoms with Crippen LogP contribution in [-0.4, -0.2) is 26.2 Å². The molecule has 2 aliphatic rings. The van der Waals surface area contributed by atoms with Crippen LogP contribution in [0.2, 0.25) is 0 Å². The van der Waals surface area contributed by atoms with Crippen molar-refractivity contribution in [1.82, 2.24) is 19.7 Å². The van der Waals surface area contributed by atoms with E-state index in [1.165, 1.54) is 11.1 Å². The van der Waals surface area contributed by atoms with Gasteiger partial charge in [-0.05, 0) is 48.7 Å². The number of H-pyrrole nitrogens is 1. The number of rotatable bonds is 4. The van der Waals surface area contributed by atoms with E-state index in [9.17, 15) is 10.1 Å². The first-order valence-electron chi connectivity index (χ1n) is 10.8. The van der Waals surface area contributed by atoms with Crippen molar-refractivity contribution in [2.45, 2.75) is 51.7 Å². The minimum absolute atomic E-state index is 0.00160. The lowest BCUT2D eigenvalue weighted by molar-refractivity contribution is 0.277. The molecule has 1 saturated carbocycles. The summed E-state index contributed by atoms with van der Waals surface area (Å²) in [5.41, 5.74) is 4.23. The van der Waals surface area contributed by atoms with Gasteiger partial charge in [0.1, 0.15) is 5.39 Å². The Balaban J connectivity index is 1.54. The number of hydrogen-bond donors (Lipinski definition) is 2. The number of aromatic amines is 1. The predicted octanol–water partition coefficient (Wildman–Crippen LogP) is 4.06. The zero-order chi connectivity index (χ0) is 20.7. The summed E-state index contributed by atoms with van der Waals surface area (Å²) in [6.45, 7) is 5.14. The topological polar surface area (TPSA) is 89.7 Å². The van der Waals surface area contributed by atoms with Gasteiger partial charge in [-0.2, -0.15) is 10.4 Å². The van der Waals surface area contributed by atoms with E-state index in [-0.39, 0.29) is 17.5 Å². The highest BCUT2D eigenvalue weighted by Gasteiger charge is 2.30. The molecule has 3 heterocycles. The Morgan fingerprint density at radius 2 is 2.07 bits per heavy atom. The number of benzene rings is 1. The van der Waals surface area contributed by atoms with Crippen LogP contribution in [0.5, 0.6) is 0 Å². The molecule has 7 heteroatoms. The van der Waals surface area contributed by atoms with Crippen LogP contribution < -0.4 is 10.9 Å². The van der Waals surface area contributed by atoms with Gasteiger partial charge in [-0.15, -0.1) is 0 Å². The SMILES string of the molecule is CCN1Cc2ccc(Nc3nn([C@H]4CCCC[C@@H]4C#N)c4cc[nH]c(=O)c34)cc2C1. The number of nitriles is 1. The van der Waals surface area contributed by atoms with Crippen molar-refractivity contribution in [3.05, 3.63) is 51.9 Å². The average molecular weight is 403 g/mol. The molecule has 7 nitrogen and oxygen atoms in total. The third-order valence-corrected chi connectivity index (χ3v) is 6.54. The van der Waals surface area contributed by atoms with Gasteiger partial charge in [-0.25, -0.2) is 0 Å². The van der Waals surface area contributed by atoms with E-state index in [4.69, 9.17) is 5.10 Å². The highest BCUT2D eigenvalue weighted by Crippen LogP contribution is 2.37. The van der Waals surface area contributed by atoms with Crippen LogP contribution in [0.1, 0.15) is 49.8 Å². The molecular formula is C23H26N6O. The first kappa shape index (κ1) is 18.9. The zero-order valence-electron chi connectivity index (χ0n) is 17.2. The maximum Gasteiger partial charge on any atom is 0.261 e. The number of fused-ring (bicyclic) bond motifs is 2. The monoisotopic (exact) mass is 402 g/mol. The van der Waals surface area contributed by atoms with E-state index >= 15 is 0 Å². The Hall–Kier alpha value is -3.11. The molecule has 0 saturated heterocycles. The van der Waals surface area contributed by atoms with Gasteiger partial charge >= 0.3 is 0 Å². The van der Waals surface area contributed by atoms with Gasteiger partial charge in [0.25, 0.3) is 5.56 Å². The van der Waals surface area contributed by atoms with Crippen molar-refractivity contribution in [2.75, 3.05) is 11.9 Å². The van der Waals surface area contributed by atoms with Crippen molar-refractivity contribution in [1.29, 1.82) is 5.26 Å². The first-order chi connectivity index (χ1) is 14.7. The Labute approximate surface area is 175 Å². The molecule has 0 unspecified atom stereocenters. The molecule has 1 aromatic carbocycles. The van der Waals surface area contributed by atoms with Gasteiger partial charge in [-0.1, -0.05) is 25.8 Å². The maximum absolute atomic E-state index is 12.7. The minimum Gasteiger partial charge on any atom is -0.338 e. The summed E-state index contributed by atoms with van der Waals surface area (Å²) < 4.78 is 1.91. The van der Waals surface area contributed by atoms with Crippen LogP contribution in [0.25, 0.3) is 10.9 Å². The molecule has 0 amide bonds. The number of anilines is 2. The zero-order valence-corrected chi connectivity index (χ0v) is 17.2. The van der Waals surface area contributed by atoms with Gasteiger partial charge in [-0.3, -0.25) is 14.4 Å². The molecule has 1 fully saturated rings. The number of aromatic nitrogens is 3. The lowest BCUT2D eigenvalue weighted by atomic mass is 9.85. The Morgan fingerprint density at radius 3 is 2.90 bits per heavy atom. The van der Waals surface area contributed by atoms with E-state index < -0.39 is 0 Å². The maximum atomic E-state index is 12.7. The number of nitrogens with one attached hydrogen (secondary N) is 2. The molecule has 2 atom stereocenters. The number of hydrogen-bond acceptors (Lipinski definition) is 5. The standard InChI is InChI=1S/C23H26N6O/c1-2-28-13-16-7-8-18(11-17(16)14-28)26-22-21-20(9-10-25-23(21)30)29(27-22)19-6-4-3-5-15(19)12-24/h7-11,15,19H,2-6,13-14H2,1H3,(H,25,30)(H,26,27)/t15-,19+/m1/s1. The van der Waals surface area contributed by atoms with Crippen LogP contribution in [0, 0.1) is 17.2 Å². The van der Waals surface area contributed by atoms with E-state index in [2.05, 4.69) is 46.4 Å². The highest BCUT2D eigenvalue weighted by atomic mass is 16.1. The average Bonchev–Trinajstić information content (AvgIpc) is 3.35. The van der Waals surface area contributed by atoms with Crippen LogP contribution in [0.15, 0.2) is 35.3 Å².